The summed E-state index contributed by atoms with van der Waals surface area (Å²) in [5.74, 6) is 0.923. The van der Waals surface area contributed by atoms with E-state index in [9.17, 15) is 0 Å². The van der Waals surface area contributed by atoms with Crippen LogP contribution in [0.3, 0.4) is 0 Å². The lowest BCUT2D eigenvalue weighted by molar-refractivity contribution is 0.624. The van der Waals surface area contributed by atoms with E-state index in [2.05, 4.69) is 24.9 Å². The Morgan fingerprint density at radius 1 is 1.26 bits per heavy atom. The predicted octanol–water partition coefficient (Wildman–Crippen LogP) is 1.06. The number of nitrogens with zero attached hydrogens (tertiary/aromatic N) is 5. The molecule has 6 heteroatoms. The molecule has 3 aromatic rings. The summed E-state index contributed by atoms with van der Waals surface area (Å²) in [7, 11) is 1.94. The van der Waals surface area contributed by atoms with E-state index >= 15 is 0 Å². The highest BCUT2D eigenvalue weighted by molar-refractivity contribution is 5.42. The van der Waals surface area contributed by atoms with E-state index in [0.717, 1.165) is 23.7 Å². The van der Waals surface area contributed by atoms with Crippen molar-refractivity contribution >= 4 is 5.65 Å². The molecule has 0 spiro atoms. The second-order valence-corrected chi connectivity index (χ2v) is 4.53. The summed E-state index contributed by atoms with van der Waals surface area (Å²) in [6, 6.07) is 6.03. The highest BCUT2D eigenvalue weighted by Crippen LogP contribution is 2.11. The van der Waals surface area contributed by atoms with Crippen molar-refractivity contribution in [2.45, 2.75) is 20.0 Å². The smallest absolute Gasteiger partial charge is 0.146 e. The van der Waals surface area contributed by atoms with Crippen molar-refractivity contribution in [3.05, 3.63) is 47.9 Å². The zero-order valence-electron chi connectivity index (χ0n) is 11.0. The second-order valence-electron chi connectivity index (χ2n) is 4.53. The summed E-state index contributed by atoms with van der Waals surface area (Å²) in [5.41, 5.74) is 3.21. The Hall–Kier alpha value is -2.21. The molecule has 3 rings (SSSR count). The van der Waals surface area contributed by atoms with E-state index in [1.807, 2.05) is 42.9 Å². The molecule has 6 nitrogen and oxygen atoms in total. The van der Waals surface area contributed by atoms with Gasteiger partial charge in [-0.25, -0.2) is 4.98 Å². The summed E-state index contributed by atoms with van der Waals surface area (Å²) >= 11 is 0. The largest absolute Gasteiger partial charge is 0.320 e. The Balaban J connectivity index is 1.75. The number of hydrogen-bond donors (Lipinski definition) is 1. The molecule has 0 atom stereocenters. The van der Waals surface area contributed by atoms with Crippen LogP contribution in [0, 0.1) is 6.92 Å². The summed E-state index contributed by atoms with van der Waals surface area (Å²) in [4.78, 5) is 4.54. The number of hydrogen-bond acceptors (Lipinski definition) is 4. The highest BCUT2D eigenvalue weighted by atomic mass is 15.3. The molecule has 0 aliphatic carbocycles. The average molecular weight is 256 g/mol. The van der Waals surface area contributed by atoms with Gasteiger partial charge < -0.3 is 14.3 Å². The number of pyridine rings is 1. The van der Waals surface area contributed by atoms with Gasteiger partial charge in [0.05, 0.1) is 17.9 Å². The fraction of sp³-hybridized carbons (Fsp3) is 0.308. The molecular formula is C13H16N6. The summed E-state index contributed by atoms with van der Waals surface area (Å²) in [6.07, 6.45) is 3.74. The highest BCUT2D eigenvalue weighted by Gasteiger charge is 2.08. The molecule has 0 bridgehead atoms. The summed E-state index contributed by atoms with van der Waals surface area (Å²) in [5, 5.41) is 11.3. The maximum Gasteiger partial charge on any atom is 0.146 e. The molecule has 0 aliphatic rings. The van der Waals surface area contributed by atoms with Crippen molar-refractivity contribution < 1.29 is 0 Å². The van der Waals surface area contributed by atoms with Crippen LogP contribution in [0.2, 0.25) is 0 Å². The first kappa shape index (κ1) is 11.9. The minimum atomic E-state index is 0.690. The van der Waals surface area contributed by atoms with Crippen LogP contribution < -0.4 is 5.32 Å². The van der Waals surface area contributed by atoms with Crippen LogP contribution in [0.1, 0.15) is 17.2 Å². The SMILES string of the molecule is Cc1nc2ccccn2c1CNCc1nncn1C. The topological polar surface area (TPSA) is 60.0 Å². The number of aryl methyl sites for hydroxylation is 2. The lowest BCUT2D eigenvalue weighted by Gasteiger charge is -2.05. The normalized spacial score (nSPS) is 11.3. The quantitative estimate of drug-likeness (QED) is 0.758. The van der Waals surface area contributed by atoms with Crippen LogP contribution in [-0.2, 0) is 20.1 Å². The van der Waals surface area contributed by atoms with E-state index < -0.39 is 0 Å². The van der Waals surface area contributed by atoms with Gasteiger partial charge in [-0.1, -0.05) is 6.07 Å². The lowest BCUT2D eigenvalue weighted by atomic mass is 10.3. The van der Waals surface area contributed by atoms with E-state index in [0.29, 0.717) is 6.54 Å². The van der Waals surface area contributed by atoms with Gasteiger partial charge in [0, 0.05) is 19.8 Å². The van der Waals surface area contributed by atoms with Crippen molar-refractivity contribution in [3.63, 3.8) is 0 Å². The van der Waals surface area contributed by atoms with Crippen LogP contribution in [0.25, 0.3) is 5.65 Å². The van der Waals surface area contributed by atoms with Gasteiger partial charge in [-0.3, -0.25) is 0 Å². The van der Waals surface area contributed by atoms with Gasteiger partial charge in [0.25, 0.3) is 0 Å². The molecule has 0 aromatic carbocycles. The van der Waals surface area contributed by atoms with Gasteiger partial charge in [0.15, 0.2) is 0 Å². The Kier molecular flexibility index (Phi) is 3.00. The third kappa shape index (κ3) is 2.22. The molecule has 0 saturated heterocycles. The Bertz CT molecular complexity index is 696. The van der Waals surface area contributed by atoms with Gasteiger partial charge in [-0.15, -0.1) is 10.2 Å². The molecule has 3 aromatic heterocycles. The van der Waals surface area contributed by atoms with Crippen LogP contribution in [0.4, 0.5) is 0 Å². The average Bonchev–Trinajstić information content (AvgIpc) is 2.94. The molecule has 0 saturated carbocycles. The number of aromatic nitrogens is 5. The van der Waals surface area contributed by atoms with Crippen LogP contribution >= 0.6 is 0 Å². The Labute approximate surface area is 111 Å². The molecular weight excluding hydrogens is 240 g/mol. The number of nitrogens with one attached hydrogen (secondary N) is 1. The summed E-state index contributed by atoms with van der Waals surface area (Å²) < 4.78 is 4.02. The van der Waals surface area contributed by atoms with Gasteiger partial charge in [0.2, 0.25) is 0 Å². The van der Waals surface area contributed by atoms with E-state index in [-0.39, 0.29) is 0 Å². The molecule has 3 heterocycles. The standard InChI is InChI=1S/C13H16N6/c1-10-11(19-6-4-3-5-12(19)16-10)7-14-8-13-17-15-9-18(13)2/h3-6,9,14H,7-8H2,1-2H3. The Morgan fingerprint density at radius 2 is 2.16 bits per heavy atom. The lowest BCUT2D eigenvalue weighted by Crippen LogP contribution is -2.17. The Morgan fingerprint density at radius 3 is 2.95 bits per heavy atom. The zero-order chi connectivity index (χ0) is 13.2. The van der Waals surface area contributed by atoms with E-state index in [1.54, 1.807) is 6.33 Å². The summed E-state index contributed by atoms with van der Waals surface area (Å²) in [6.45, 7) is 3.48. The first-order chi connectivity index (χ1) is 9.25. The van der Waals surface area contributed by atoms with Gasteiger partial charge in [-0.2, -0.15) is 0 Å². The first-order valence-corrected chi connectivity index (χ1v) is 6.22. The van der Waals surface area contributed by atoms with Crippen molar-refractivity contribution in [3.8, 4) is 0 Å². The minimum absolute atomic E-state index is 0.690. The molecule has 1 N–H and O–H groups in total. The third-order valence-electron chi connectivity index (χ3n) is 3.21. The van der Waals surface area contributed by atoms with Crippen molar-refractivity contribution in [2.24, 2.45) is 7.05 Å². The van der Waals surface area contributed by atoms with Gasteiger partial charge in [-0.05, 0) is 19.1 Å². The molecule has 0 fully saturated rings. The minimum Gasteiger partial charge on any atom is -0.320 e. The maximum absolute atomic E-state index is 4.54. The maximum atomic E-state index is 4.54. The molecule has 98 valence electrons. The van der Waals surface area contributed by atoms with E-state index in [4.69, 9.17) is 0 Å². The molecule has 0 amide bonds. The van der Waals surface area contributed by atoms with Crippen molar-refractivity contribution in [1.29, 1.82) is 0 Å². The second kappa shape index (κ2) is 4.81. The number of imidazole rings is 1. The number of fused-ring (bicyclic) bond motifs is 1. The van der Waals surface area contributed by atoms with Crippen LogP contribution in [0.5, 0.6) is 0 Å². The predicted molar refractivity (Wildman–Crippen MR) is 71.5 cm³/mol. The van der Waals surface area contributed by atoms with Crippen LogP contribution in [0.15, 0.2) is 30.7 Å². The van der Waals surface area contributed by atoms with Crippen molar-refractivity contribution in [2.75, 3.05) is 0 Å². The molecule has 0 radical (unpaired) electrons. The molecule has 19 heavy (non-hydrogen) atoms. The third-order valence-corrected chi connectivity index (χ3v) is 3.21. The fourth-order valence-corrected chi connectivity index (χ4v) is 2.14. The molecule has 0 aliphatic heterocycles. The number of rotatable bonds is 4. The zero-order valence-corrected chi connectivity index (χ0v) is 11.0. The monoisotopic (exact) mass is 256 g/mol. The van der Waals surface area contributed by atoms with Gasteiger partial charge >= 0.3 is 0 Å². The van der Waals surface area contributed by atoms with Gasteiger partial charge in [0.1, 0.15) is 17.8 Å². The molecule has 0 unspecified atom stereocenters. The van der Waals surface area contributed by atoms with E-state index in [1.165, 1.54) is 5.69 Å². The fourth-order valence-electron chi connectivity index (χ4n) is 2.14. The van der Waals surface area contributed by atoms with Crippen molar-refractivity contribution in [1.82, 2.24) is 29.5 Å². The first-order valence-electron chi connectivity index (χ1n) is 6.22. The van der Waals surface area contributed by atoms with Crippen LogP contribution in [-0.4, -0.2) is 24.1 Å².